The van der Waals surface area contributed by atoms with Crippen LogP contribution in [0.5, 0.6) is 5.88 Å². The van der Waals surface area contributed by atoms with E-state index in [-0.39, 0.29) is 54.4 Å². The number of hydrogen-bond acceptors (Lipinski definition) is 15. The van der Waals surface area contributed by atoms with Gasteiger partial charge >= 0.3 is 0 Å². The van der Waals surface area contributed by atoms with Gasteiger partial charge in [-0.05, 0) is 75.8 Å². The van der Waals surface area contributed by atoms with Crippen LogP contribution in [0.3, 0.4) is 0 Å². The molecule has 18 nitrogen and oxygen atoms in total. The number of piperazine rings is 2. The lowest BCUT2D eigenvalue weighted by Crippen LogP contribution is -2.64. The van der Waals surface area contributed by atoms with Crippen molar-refractivity contribution < 1.29 is 27.8 Å². The summed E-state index contributed by atoms with van der Waals surface area (Å²) in [7, 11) is 0. The molecule has 368 valence electrons. The SMILES string of the molecule is CC(C)Oc1ccc(CN2C3COCC2CN(c2ccc(-c4nc(-c5cnn(C6CCC(N7CCN(c8c(F)cc(NC9CCC(=O)NC9=O)cc8F)CC7)CC6)c5)cn5ncc(C#N)c45)cn2)C3)cn1. The number of ether oxygens (including phenoxy) is 2. The number of nitriles is 1. The number of benzene rings is 1. The third-order valence-corrected chi connectivity index (χ3v) is 14.6. The number of nitrogens with zero attached hydrogens (tertiary/aromatic N) is 12. The zero-order chi connectivity index (χ0) is 48.8. The molecule has 4 saturated heterocycles. The monoisotopic (exact) mass is 966 g/mol. The second kappa shape index (κ2) is 19.6. The van der Waals surface area contributed by atoms with E-state index in [2.05, 4.69) is 47.6 Å². The van der Waals surface area contributed by atoms with Crippen LogP contribution >= 0.6 is 0 Å². The molecule has 6 aromatic rings. The van der Waals surface area contributed by atoms with Gasteiger partial charge < -0.3 is 24.6 Å². The summed E-state index contributed by atoms with van der Waals surface area (Å²) in [6.45, 7) is 9.92. The van der Waals surface area contributed by atoms with Gasteiger partial charge in [-0.1, -0.05) is 6.07 Å². The Morgan fingerprint density at radius 1 is 0.845 bits per heavy atom. The molecule has 3 atom stereocenters. The number of piperidine rings is 1. The van der Waals surface area contributed by atoms with Gasteiger partial charge in [0.15, 0.2) is 11.6 Å². The number of anilines is 3. The fourth-order valence-electron chi connectivity index (χ4n) is 11.0. The van der Waals surface area contributed by atoms with Gasteiger partial charge in [0, 0.05) is 99.7 Å². The largest absolute Gasteiger partial charge is 0.475 e. The molecule has 9 heterocycles. The summed E-state index contributed by atoms with van der Waals surface area (Å²) in [5.41, 5.74) is 5.18. The molecule has 0 radical (unpaired) electrons. The normalized spacial score (nSPS) is 23.2. The predicted octanol–water partition coefficient (Wildman–Crippen LogP) is 5.60. The predicted molar refractivity (Wildman–Crippen MR) is 260 cm³/mol. The third-order valence-electron chi connectivity index (χ3n) is 14.6. The van der Waals surface area contributed by atoms with Crippen molar-refractivity contribution in [3.05, 3.63) is 96.3 Å². The number of hydrogen-bond donors (Lipinski definition) is 2. The highest BCUT2D eigenvalue weighted by Crippen LogP contribution is 2.36. The zero-order valence-corrected chi connectivity index (χ0v) is 39.8. The molecular formula is C51H56F2N14O4. The van der Waals surface area contributed by atoms with Gasteiger partial charge in [0.1, 0.15) is 34.7 Å². The lowest BCUT2D eigenvalue weighted by Gasteiger charge is -2.50. The van der Waals surface area contributed by atoms with Crippen LogP contribution in [0.4, 0.5) is 26.0 Å². The van der Waals surface area contributed by atoms with Gasteiger partial charge in [-0.3, -0.25) is 29.4 Å². The van der Waals surface area contributed by atoms with Crippen LogP contribution in [0.2, 0.25) is 0 Å². The number of carbonyl (C=O) groups excluding carboxylic acids is 2. The summed E-state index contributed by atoms with van der Waals surface area (Å²) < 4.78 is 46.3. The van der Waals surface area contributed by atoms with E-state index in [4.69, 9.17) is 24.5 Å². The Hall–Kier alpha value is -7.08. The van der Waals surface area contributed by atoms with Gasteiger partial charge in [-0.25, -0.2) is 28.2 Å². The Bertz CT molecular complexity index is 2920. The molecule has 4 aliphatic heterocycles. The number of pyridine rings is 2. The molecule has 11 rings (SSSR count). The van der Waals surface area contributed by atoms with Crippen molar-refractivity contribution in [2.75, 3.05) is 67.6 Å². The van der Waals surface area contributed by atoms with E-state index in [1.165, 1.54) is 12.1 Å². The topological polar surface area (TPSA) is 187 Å². The Balaban J connectivity index is 0.718. The summed E-state index contributed by atoms with van der Waals surface area (Å²) in [4.78, 5) is 47.4. The molecule has 2 amide bonds. The highest BCUT2D eigenvalue weighted by Gasteiger charge is 2.39. The molecule has 0 spiro atoms. The van der Waals surface area contributed by atoms with Gasteiger partial charge in [-0.2, -0.15) is 15.5 Å². The van der Waals surface area contributed by atoms with E-state index in [0.717, 1.165) is 67.8 Å². The highest BCUT2D eigenvalue weighted by atomic mass is 19.1. The molecule has 3 unspecified atom stereocenters. The maximum absolute atomic E-state index is 15.4. The molecule has 1 aromatic carbocycles. The maximum atomic E-state index is 15.4. The minimum Gasteiger partial charge on any atom is -0.475 e. The maximum Gasteiger partial charge on any atom is 0.249 e. The van der Waals surface area contributed by atoms with Gasteiger partial charge in [0.05, 0.1) is 67.4 Å². The molecule has 5 fully saturated rings. The number of morpholine rings is 1. The van der Waals surface area contributed by atoms with Crippen LogP contribution in [-0.4, -0.2) is 139 Å². The number of carbonyl (C=O) groups is 2. The molecule has 5 aliphatic rings. The first-order valence-electron chi connectivity index (χ1n) is 24.6. The average Bonchev–Trinajstić information content (AvgIpc) is 4.04. The first kappa shape index (κ1) is 46.3. The number of rotatable bonds is 12. The first-order chi connectivity index (χ1) is 34.5. The quantitative estimate of drug-likeness (QED) is 0.144. The molecule has 1 aliphatic carbocycles. The van der Waals surface area contributed by atoms with Crippen molar-refractivity contribution in [3.63, 3.8) is 0 Å². The van der Waals surface area contributed by atoms with E-state index < -0.39 is 23.6 Å². The van der Waals surface area contributed by atoms with Crippen LogP contribution < -0.4 is 25.2 Å². The second-order valence-electron chi connectivity index (χ2n) is 19.6. The summed E-state index contributed by atoms with van der Waals surface area (Å²) in [6, 6.07) is 13.0. The second-order valence-corrected chi connectivity index (χ2v) is 19.6. The number of nitrogens with one attached hydrogen (secondary N) is 2. The summed E-state index contributed by atoms with van der Waals surface area (Å²) in [5, 5.41) is 24.6. The van der Waals surface area contributed by atoms with Crippen molar-refractivity contribution in [1.82, 2.24) is 49.5 Å². The lowest BCUT2D eigenvalue weighted by molar-refractivity contribution is -0.133. The fourth-order valence-corrected chi connectivity index (χ4v) is 11.0. The van der Waals surface area contributed by atoms with Gasteiger partial charge in [-0.15, -0.1) is 0 Å². The third kappa shape index (κ3) is 9.61. The molecule has 20 heteroatoms. The number of imide groups is 1. The fraction of sp³-hybridized carbons (Fsp3) is 0.451. The van der Waals surface area contributed by atoms with Crippen LogP contribution in [0.15, 0.2) is 73.6 Å². The van der Waals surface area contributed by atoms with Crippen LogP contribution in [0.1, 0.15) is 69.5 Å². The van der Waals surface area contributed by atoms with Crippen molar-refractivity contribution in [2.45, 2.75) is 95.2 Å². The van der Waals surface area contributed by atoms with E-state index in [0.29, 0.717) is 73.8 Å². The number of amides is 2. The Morgan fingerprint density at radius 2 is 1.61 bits per heavy atom. The molecule has 2 bridgehead atoms. The first-order valence-corrected chi connectivity index (χ1v) is 24.6. The van der Waals surface area contributed by atoms with Crippen molar-refractivity contribution in [1.29, 1.82) is 5.26 Å². The number of aromatic nitrogens is 7. The smallest absolute Gasteiger partial charge is 0.249 e. The molecule has 1 saturated carbocycles. The molecular weight excluding hydrogens is 911 g/mol. The molecule has 5 aromatic heterocycles. The van der Waals surface area contributed by atoms with Gasteiger partial charge in [0.2, 0.25) is 17.7 Å². The van der Waals surface area contributed by atoms with Crippen molar-refractivity contribution in [3.8, 4) is 34.5 Å². The molecule has 71 heavy (non-hydrogen) atoms. The Kier molecular flexibility index (Phi) is 12.8. The lowest BCUT2D eigenvalue weighted by atomic mass is 9.90. The summed E-state index contributed by atoms with van der Waals surface area (Å²) in [5.74, 6) is -0.729. The standard InChI is InChI=1S/C51H56F2N14O4/c1-31(2)71-47-12-3-32(20-56-47)24-65-39-26-64(27-40(65)30-70-29-39)45-10-4-33(21-55-45)48-49-34(19-54)22-58-67(49)28-44(60-48)35-23-57-66(25-35)38-7-5-37(6-8-38)62-13-15-63(16-14-62)50-41(52)17-36(18-42(50)53)59-43-9-11-46(68)61-51(43)69/h3-4,10,12,17-18,20-23,25,28,31,37-40,43,59H,5-9,11,13-16,24,26-27,29-30H2,1-2H3,(H,61,68,69). The Morgan fingerprint density at radius 3 is 2.28 bits per heavy atom. The Labute approximate surface area is 409 Å². The summed E-state index contributed by atoms with van der Waals surface area (Å²) in [6.07, 6.45) is 15.3. The van der Waals surface area contributed by atoms with Crippen LogP contribution in [0, 0.1) is 23.0 Å². The minimum absolute atomic E-state index is 0.0611. The van der Waals surface area contributed by atoms with E-state index in [1.54, 1.807) is 15.6 Å². The van der Waals surface area contributed by atoms with Crippen molar-refractivity contribution in [2.24, 2.45) is 0 Å². The van der Waals surface area contributed by atoms with Gasteiger partial charge in [0.25, 0.3) is 0 Å². The summed E-state index contributed by atoms with van der Waals surface area (Å²) >= 11 is 0. The van der Waals surface area contributed by atoms with E-state index in [1.807, 2.05) is 67.7 Å². The number of halogens is 2. The molecule has 2 N–H and O–H groups in total. The zero-order valence-electron chi connectivity index (χ0n) is 39.8. The average molecular weight is 967 g/mol. The van der Waals surface area contributed by atoms with Crippen LogP contribution in [0.25, 0.3) is 28.0 Å². The number of fused-ring (bicyclic) bond motifs is 3. The van der Waals surface area contributed by atoms with E-state index >= 15 is 8.78 Å². The van der Waals surface area contributed by atoms with Crippen LogP contribution in [-0.2, 0) is 20.9 Å². The van der Waals surface area contributed by atoms with Crippen molar-refractivity contribution >= 4 is 34.5 Å². The van der Waals surface area contributed by atoms with E-state index in [9.17, 15) is 14.9 Å². The highest BCUT2D eigenvalue weighted by molar-refractivity contribution is 6.01. The minimum atomic E-state index is -0.733.